The number of nitrogens with zero attached hydrogens (tertiary/aromatic N) is 4. The summed E-state index contributed by atoms with van der Waals surface area (Å²) in [4.78, 5) is 37.2. The van der Waals surface area contributed by atoms with Gasteiger partial charge in [-0.25, -0.2) is 9.97 Å². The van der Waals surface area contributed by atoms with Gasteiger partial charge in [-0.1, -0.05) is 25.1 Å². The van der Waals surface area contributed by atoms with E-state index >= 15 is 0 Å². The fourth-order valence-corrected chi connectivity index (χ4v) is 3.23. The van der Waals surface area contributed by atoms with E-state index in [-0.39, 0.29) is 11.8 Å². The van der Waals surface area contributed by atoms with Crippen LogP contribution in [0.3, 0.4) is 0 Å². The van der Waals surface area contributed by atoms with Crippen molar-refractivity contribution in [1.82, 2.24) is 14.9 Å². The fourth-order valence-electron chi connectivity index (χ4n) is 3.23. The summed E-state index contributed by atoms with van der Waals surface area (Å²) in [6, 6.07) is 9.25. The number of rotatable bonds is 6. The highest BCUT2D eigenvalue weighted by molar-refractivity contribution is 6.03. The van der Waals surface area contributed by atoms with Gasteiger partial charge in [-0.2, -0.15) is 0 Å². The fraction of sp³-hybridized carbons (Fsp3) is 0.364. The van der Waals surface area contributed by atoms with E-state index in [2.05, 4.69) is 20.2 Å². The standard InChI is InChI=1S/C22H27N5O2/c1-3-5-17(2)21(29)25-19-8-6-18(7-9-19)16-20(28)26-12-14-27(15-13-26)22-23-10-4-11-24-22/h4-11H,3,12-16H2,1-2H3,(H,25,29). The number of hydrogen-bond donors (Lipinski definition) is 1. The molecule has 0 saturated carbocycles. The highest BCUT2D eigenvalue weighted by atomic mass is 16.2. The first-order valence-corrected chi connectivity index (χ1v) is 9.93. The predicted octanol–water partition coefficient (Wildman–Crippen LogP) is 2.66. The molecule has 1 aromatic carbocycles. The predicted molar refractivity (Wildman–Crippen MR) is 114 cm³/mol. The van der Waals surface area contributed by atoms with Crippen LogP contribution in [0.5, 0.6) is 0 Å². The lowest BCUT2D eigenvalue weighted by Gasteiger charge is -2.34. The van der Waals surface area contributed by atoms with Gasteiger partial charge in [0, 0.05) is 49.8 Å². The van der Waals surface area contributed by atoms with Crippen LogP contribution in [0.2, 0.25) is 0 Å². The first-order chi connectivity index (χ1) is 14.1. The van der Waals surface area contributed by atoms with E-state index in [0.717, 1.165) is 30.8 Å². The van der Waals surface area contributed by atoms with Crippen molar-refractivity contribution in [3.8, 4) is 0 Å². The minimum Gasteiger partial charge on any atom is -0.339 e. The Kier molecular flexibility index (Phi) is 6.94. The molecular formula is C22H27N5O2. The third kappa shape index (κ3) is 5.63. The van der Waals surface area contributed by atoms with Crippen molar-refractivity contribution >= 4 is 23.5 Å². The van der Waals surface area contributed by atoms with E-state index in [1.807, 2.05) is 42.2 Å². The molecule has 1 fully saturated rings. The lowest BCUT2D eigenvalue weighted by Crippen LogP contribution is -2.49. The van der Waals surface area contributed by atoms with E-state index in [9.17, 15) is 9.59 Å². The second-order valence-corrected chi connectivity index (χ2v) is 7.04. The average Bonchev–Trinajstić information content (AvgIpc) is 2.76. The molecule has 2 aromatic rings. The number of amides is 2. The summed E-state index contributed by atoms with van der Waals surface area (Å²) in [5, 5.41) is 2.87. The number of hydrogen-bond acceptors (Lipinski definition) is 5. The van der Waals surface area contributed by atoms with Crippen molar-refractivity contribution in [3.63, 3.8) is 0 Å². The van der Waals surface area contributed by atoms with Gasteiger partial charge in [0.15, 0.2) is 0 Å². The SMILES string of the molecule is CCC=C(C)C(=O)Nc1ccc(CC(=O)N2CCN(c3ncccn3)CC2)cc1. The summed E-state index contributed by atoms with van der Waals surface area (Å²) in [6.07, 6.45) is 6.53. The Labute approximate surface area is 171 Å². The molecule has 1 aliphatic heterocycles. The smallest absolute Gasteiger partial charge is 0.250 e. The van der Waals surface area contributed by atoms with E-state index in [1.54, 1.807) is 25.4 Å². The van der Waals surface area contributed by atoms with Crippen molar-refractivity contribution in [3.05, 3.63) is 59.9 Å². The van der Waals surface area contributed by atoms with Gasteiger partial charge in [-0.3, -0.25) is 9.59 Å². The Morgan fingerprint density at radius 1 is 1.07 bits per heavy atom. The lowest BCUT2D eigenvalue weighted by molar-refractivity contribution is -0.130. The number of anilines is 2. The third-order valence-corrected chi connectivity index (χ3v) is 4.90. The van der Waals surface area contributed by atoms with Gasteiger partial charge in [0.2, 0.25) is 11.9 Å². The van der Waals surface area contributed by atoms with E-state index in [1.165, 1.54) is 0 Å². The molecule has 7 nitrogen and oxygen atoms in total. The van der Waals surface area contributed by atoms with Crippen LogP contribution in [-0.4, -0.2) is 52.9 Å². The molecule has 29 heavy (non-hydrogen) atoms. The quantitative estimate of drug-likeness (QED) is 0.764. The van der Waals surface area contributed by atoms with Crippen molar-refractivity contribution in [2.24, 2.45) is 0 Å². The number of aromatic nitrogens is 2. The summed E-state index contributed by atoms with van der Waals surface area (Å²) in [5.74, 6) is 0.717. The molecule has 0 aliphatic carbocycles. The van der Waals surface area contributed by atoms with Crippen LogP contribution < -0.4 is 10.2 Å². The second kappa shape index (κ2) is 9.82. The van der Waals surface area contributed by atoms with Crippen LogP contribution in [0.4, 0.5) is 11.6 Å². The van der Waals surface area contributed by atoms with Gasteiger partial charge >= 0.3 is 0 Å². The average molecular weight is 393 g/mol. The molecule has 152 valence electrons. The van der Waals surface area contributed by atoms with Crippen LogP contribution in [0, 0.1) is 0 Å². The minimum absolute atomic E-state index is 0.101. The van der Waals surface area contributed by atoms with Crippen LogP contribution in [0.15, 0.2) is 54.4 Å². The molecule has 2 heterocycles. The summed E-state index contributed by atoms with van der Waals surface area (Å²) in [5.41, 5.74) is 2.36. The van der Waals surface area contributed by atoms with Gasteiger partial charge in [0.1, 0.15) is 0 Å². The van der Waals surface area contributed by atoms with Crippen LogP contribution in [0.1, 0.15) is 25.8 Å². The van der Waals surface area contributed by atoms with Crippen LogP contribution >= 0.6 is 0 Å². The van der Waals surface area contributed by atoms with Gasteiger partial charge in [0.25, 0.3) is 5.91 Å². The zero-order valence-corrected chi connectivity index (χ0v) is 17.0. The van der Waals surface area contributed by atoms with Gasteiger partial charge in [-0.05, 0) is 37.1 Å². The summed E-state index contributed by atoms with van der Waals surface area (Å²) in [7, 11) is 0. The molecule has 1 N–H and O–H groups in total. The molecule has 0 unspecified atom stereocenters. The molecule has 1 saturated heterocycles. The van der Waals surface area contributed by atoms with Crippen molar-refractivity contribution < 1.29 is 9.59 Å². The van der Waals surface area contributed by atoms with Gasteiger partial charge in [0.05, 0.1) is 6.42 Å². The Bertz CT molecular complexity index is 857. The Hall–Kier alpha value is -3.22. The van der Waals surface area contributed by atoms with Crippen molar-refractivity contribution in [1.29, 1.82) is 0 Å². The Morgan fingerprint density at radius 2 is 1.72 bits per heavy atom. The third-order valence-electron chi connectivity index (χ3n) is 4.90. The molecule has 2 amide bonds. The van der Waals surface area contributed by atoms with E-state index in [0.29, 0.717) is 31.0 Å². The van der Waals surface area contributed by atoms with Crippen LogP contribution in [0.25, 0.3) is 0 Å². The lowest BCUT2D eigenvalue weighted by atomic mass is 10.1. The number of carbonyl (C=O) groups is 2. The second-order valence-electron chi connectivity index (χ2n) is 7.04. The van der Waals surface area contributed by atoms with Crippen molar-refractivity contribution in [2.45, 2.75) is 26.7 Å². The molecule has 0 atom stereocenters. The number of allylic oxidation sites excluding steroid dienone is 1. The highest BCUT2D eigenvalue weighted by Gasteiger charge is 2.22. The van der Waals surface area contributed by atoms with Crippen molar-refractivity contribution in [2.75, 3.05) is 36.4 Å². The molecule has 0 spiro atoms. The number of piperazine rings is 1. The van der Waals surface area contributed by atoms with Gasteiger partial charge in [-0.15, -0.1) is 0 Å². The minimum atomic E-state index is -0.101. The zero-order chi connectivity index (χ0) is 20.6. The molecule has 1 aromatic heterocycles. The normalized spacial score (nSPS) is 14.6. The van der Waals surface area contributed by atoms with Gasteiger partial charge < -0.3 is 15.1 Å². The first kappa shape index (κ1) is 20.5. The molecule has 7 heteroatoms. The summed E-state index contributed by atoms with van der Waals surface area (Å²) in [6.45, 7) is 6.58. The van der Waals surface area contributed by atoms with Crippen LogP contribution in [-0.2, 0) is 16.0 Å². The number of carbonyl (C=O) groups excluding carboxylic acids is 2. The molecule has 0 bridgehead atoms. The first-order valence-electron chi connectivity index (χ1n) is 9.93. The van der Waals surface area contributed by atoms with E-state index < -0.39 is 0 Å². The van der Waals surface area contributed by atoms with E-state index in [4.69, 9.17) is 0 Å². The Balaban J connectivity index is 1.50. The highest BCUT2D eigenvalue weighted by Crippen LogP contribution is 2.14. The molecule has 0 radical (unpaired) electrons. The monoisotopic (exact) mass is 393 g/mol. The molecular weight excluding hydrogens is 366 g/mol. The number of nitrogens with one attached hydrogen (secondary N) is 1. The maximum Gasteiger partial charge on any atom is 0.250 e. The Morgan fingerprint density at radius 3 is 2.34 bits per heavy atom. The topological polar surface area (TPSA) is 78.4 Å². The zero-order valence-electron chi connectivity index (χ0n) is 17.0. The maximum absolute atomic E-state index is 12.6. The molecule has 3 rings (SSSR count). The summed E-state index contributed by atoms with van der Waals surface area (Å²) >= 11 is 0. The number of benzene rings is 1. The largest absolute Gasteiger partial charge is 0.339 e. The summed E-state index contributed by atoms with van der Waals surface area (Å²) < 4.78 is 0. The molecule has 1 aliphatic rings. The maximum atomic E-state index is 12.6.